The molecule has 1 atom stereocenters. The summed E-state index contributed by atoms with van der Waals surface area (Å²) >= 11 is 0. The molecule has 2 aromatic carbocycles. The van der Waals surface area contributed by atoms with E-state index in [1.54, 1.807) is 30.2 Å². The molecule has 6 heteroatoms. The van der Waals surface area contributed by atoms with Crippen LogP contribution < -0.4 is 9.47 Å². The van der Waals surface area contributed by atoms with Gasteiger partial charge in [-0.1, -0.05) is 31.4 Å². The summed E-state index contributed by atoms with van der Waals surface area (Å²) < 4.78 is 11.0. The van der Waals surface area contributed by atoms with Gasteiger partial charge in [0, 0.05) is 11.6 Å². The first kappa shape index (κ1) is 22.9. The van der Waals surface area contributed by atoms with E-state index in [1.165, 1.54) is 0 Å². The number of carbonyl (C=O) groups is 2. The average Bonchev–Trinajstić information content (AvgIpc) is 3.10. The molecule has 1 amide bonds. The van der Waals surface area contributed by atoms with Gasteiger partial charge in [0.1, 0.15) is 17.3 Å². The molecule has 174 valence electrons. The van der Waals surface area contributed by atoms with Gasteiger partial charge in [-0.05, 0) is 68.1 Å². The first-order valence-corrected chi connectivity index (χ1v) is 11.6. The van der Waals surface area contributed by atoms with Crippen LogP contribution in [0.2, 0.25) is 0 Å². The lowest BCUT2D eigenvalue weighted by molar-refractivity contribution is -0.141. The normalized spacial score (nSPS) is 20.8. The summed E-state index contributed by atoms with van der Waals surface area (Å²) in [6, 6.07) is 12.1. The SMILES string of the molecule is CCOc1cccc(C2/C(=C(\O)c3ccc(OC)cc3C)C(=O)C(=O)N2C2CCCCC2)c1. The van der Waals surface area contributed by atoms with Gasteiger partial charge in [-0.2, -0.15) is 0 Å². The third-order valence-electron chi connectivity index (χ3n) is 6.62. The third-order valence-corrected chi connectivity index (χ3v) is 6.62. The number of benzene rings is 2. The summed E-state index contributed by atoms with van der Waals surface area (Å²) in [6.45, 7) is 4.27. The number of nitrogens with zero attached hydrogens (tertiary/aromatic N) is 1. The summed E-state index contributed by atoms with van der Waals surface area (Å²) in [5.74, 6) is -0.00214. The second-order valence-electron chi connectivity index (χ2n) is 8.68. The maximum atomic E-state index is 13.3. The van der Waals surface area contributed by atoms with Crippen LogP contribution >= 0.6 is 0 Å². The predicted octanol–water partition coefficient (Wildman–Crippen LogP) is 5.16. The topological polar surface area (TPSA) is 76.1 Å². The van der Waals surface area contributed by atoms with Gasteiger partial charge in [0.05, 0.1) is 25.3 Å². The van der Waals surface area contributed by atoms with Gasteiger partial charge >= 0.3 is 0 Å². The van der Waals surface area contributed by atoms with Gasteiger partial charge in [0.25, 0.3) is 11.7 Å². The summed E-state index contributed by atoms with van der Waals surface area (Å²) in [4.78, 5) is 28.4. The number of aliphatic hydroxyl groups is 1. The number of carbonyl (C=O) groups excluding carboxylic acids is 2. The quantitative estimate of drug-likeness (QED) is 0.375. The molecule has 0 radical (unpaired) electrons. The van der Waals surface area contributed by atoms with Crippen LogP contribution in [0.5, 0.6) is 11.5 Å². The van der Waals surface area contributed by atoms with E-state index in [4.69, 9.17) is 9.47 Å². The molecule has 2 aromatic rings. The van der Waals surface area contributed by atoms with Gasteiger partial charge < -0.3 is 19.5 Å². The fourth-order valence-corrected chi connectivity index (χ4v) is 5.03. The van der Waals surface area contributed by atoms with Crippen molar-refractivity contribution < 1.29 is 24.2 Å². The van der Waals surface area contributed by atoms with E-state index in [-0.39, 0.29) is 17.4 Å². The molecule has 1 saturated heterocycles. The van der Waals surface area contributed by atoms with Crippen LogP contribution in [0, 0.1) is 6.92 Å². The first-order valence-electron chi connectivity index (χ1n) is 11.6. The minimum atomic E-state index is -0.657. The average molecular weight is 450 g/mol. The zero-order chi connectivity index (χ0) is 23.5. The van der Waals surface area contributed by atoms with Crippen LogP contribution in [0.3, 0.4) is 0 Å². The zero-order valence-corrected chi connectivity index (χ0v) is 19.5. The second kappa shape index (κ2) is 9.69. The number of amides is 1. The Bertz CT molecular complexity index is 1080. The van der Waals surface area contributed by atoms with E-state index in [0.29, 0.717) is 23.7 Å². The number of hydrogen-bond acceptors (Lipinski definition) is 5. The van der Waals surface area contributed by atoms with Crippen LogP contribution in [-0.2, 0) is 9.59 Å². The van der Waals surface area contributed by atoms with Crippen LogP contribution in [0.15, 0.2) is 48.0 Å². The smallest absolute Gasteiger partial charge is 0.295 e. The van der Waals surface area contributed by atoms with Crippen molar-refractivity contribution in [3.8, 4) is 11.5 Å². The highest BCUT2D eigenvalue weighted by Gasteiger charge is 2.49. The standard InChI is InChI=1S/C27H31NO5/c1-4-33-21-12-8-9-18(16-21)24-23(25(29)22-14-13-20(32-3)15-17(22)2)26(30)27(31)28(24)19-10-6-5-7-11-19/h8-9,12-16,19,24,29H,4-7,10-11H2,1-3H3/b25-23+. The van der Waals surface area contributed by atoms with Crippen molar-refractivity contribution in [1.82, 2.24) is 4.90 Å². The van der Waals surface area contributed by atoms with Crippen LogP contribution in [-0.4, -0.2) is 41.5 Å². The molecule has 1 aliphatic heterocycles. The molecule has 1 heterocycles. The molecule has 4 rings (SSSR count). The zero-order valence-electron chi connectivity index (χ0n) is 19.5. The summed E-state index contributed by atoms with van der Waals surface area (Å²) in [7, 11) is 1.58. The van der Waals surface area contributed by atoms with E-state index >= 15 is 0 Å². The molecule has 1 aliphatic carbocycles. The van der Waals surface area contributed by atoms with Crippen LogP contribution in [0.4, 0.5) is 0 Å². The Kier molecular flexibility index (Phi) is 6.72. The Morgan fingerprint density at radius 1 is 1.06 bits per heavy atom. The Morgan fingerprint density at radius 3 is 2.48 bits per heavy atom. The van der Waals surface area contributed by atoms with Crippen molar-refractivity contribution in [3.05, 3.63) is 64.7 Å². The Morgan fingerprint density at radius 2 is 1.82 bits per heavy atom. The lowest BCUT2D eigenvalue weighted by Gasteiger charge is -2.35. The summed E-state index contributed by atoms with van der Waals surface area (Å²) in [5.41, 5.74) is 2.17. The second-order valence-corrected chi connectivity index (χ2v) is 8.68. The van der Waals surface area contributed by atoms with Crippen LogP contribution in [0.1, 0.15) is 61.8 Å². The fourth-order valence-electron chi connectivity index (χ4n) is 5.03. The summed E-state index contributed by atoms with van der Waals surface area (Å²) in [6.07, 6.45) is 4.90. The highest BCUT2D eigenvalue weighted by atomic mass is 16.5. The van der Waals surface area contributed by atoms with Crippen LogP contribution in [0.25, 0.3) is 5.76 Å². The summed E-state index contributed by atoms with van der Waals surface area (Å²) in [5, 5.41) is 11.4. The fraction of sp³-hybridized carbons (Fsp3) is 0.407. The number of likely N-dealkylation sites (tertiary alicyclic amines) is 1. The van der Waals surface area contributed by atoms with E-state index < -0.39 is 17.7 Å². The molecule has 1 saturated carbocycles. The number of Topliss-reactive ketones (excluding diaryl/α,β-unsaturated/α-hetero) is 1. The molecule has 1 unspecified atom stereocenters. The number of aryl methyl sites for hydroxylation is 1. The van der Waals surface area contributed by atoms with E-state index in [1.807, 2.05) is 38.1 Å². The monoisotopic (exact) mass is 449 g/mol. The highest BCUT2D eigenvalue weighted by Crippen LogP contribution is 2.44. The molecule has 0 bridgehead atoms. The van der Waals surface area contributed by atoms with Crippen molar-refractivity contribution in [3.63, 3.8) is 0 Å². The Balaban J connectivity index is 1.88. The number of methoxy groups -OCH3 is 1. The van der Waals surface area contributed by atoms with Gasteiger partial charge in [-0.3, -0.25) is 9.59 Å². The van der Waals surface area contributed by atoms with Gasteiger partial charge in [0.2, 0.25) is 0 Å². The lowest BCUT2D eigenvalue weighted by atomic mass is 9.90. The minimum Gasteiger partial charge on any atom is -0.507 e. The van der Waals surface area contributed by atoms with Crippen molar-refractivity contribution in [2.75, 3.05) is 13.7 Å². The molecule has 33 heavy (non-hydrogen) atoms. The number of ketones is 1. The minimum absolute atomic E-state index is 0.0294. The number of aliphatic hydroxyl groups excluding tert-OH is 1. The van der Waals surface area contributed by atoms with Gasteiger partial charge in [-0.15, -0.1) is 0 Å². The van der Waals surface area contributed by atoms with Gasteiger partial charge in [-0.25, -0.2) is 0 Å². The Labute approximate surface area is 194 Å². The maximum Gasteiger partial charge on any atom is 0.295 e. The molecule has 0 aromatic heterocycles. The molecular weight excluding hydrogens is 418 g/mol. The van der Waals surface area contributed by atoms with Crippen molar-refractivity contribution >= 4 is 17.4 Å². The molecular formula is C27H31NO5. The van der Waals surface area contributed by atoms with E-state index in [2.05, 4.69) is 0 Å². The van der Waals surface area contributed by atoms with Crippen molar-refractivity contribution in [2.24, 2.45) is 0 Å². The predicted molar refractivity (Wildman–Crippen MR) is 126 cm³/mol. The number of ether oxygens (including phenoxy) is 2. The van der Waals surface area contributed by atoms with Crippen molar-refractivity contribution in [1.29, 1.82) is 0 Å². The highest BCUT2D eigenvalue weighted by molar-refractivity contribution is 6.46. The Hall–Kier alpha value is -3.28. The molecule has 2 fully saturated rings. The largest absolute Gasteiger partial charge is 0.507 e. The van der Waals surface area contributed by atoms with E-state index in [9.17, 15) is 14.7 Å². The van der Waals surface area contributed by atoms with E-state index in [0.717, 1.165) is 43.2 Å². The molecule has 6 nitrogen and oxygen atoms in total. The third kappa shape index (κ3) is 4.34. The van der Waals surface area contributed by atoms with Gasteiger partial charge in [0.15, 0.2) is 0 Å². The number of rotatable bonds is 6. The molecule has 0 spiro atoms. The number of hydrogen-bond donors (Lipinski definition) is 1. The maximum absolute atomic E-state index is 13.3. The lowest BCUT2D eigenvalue weighted by Crippen LogP contribution is -2.40. The molecule has 1 N–H and O–H groups in total. The molecule has 2 aliphatic rings. The van der Waals surface area contributed by atoms with Crippen molar-refractivity contribution in [2.45, 2.75) is 58.0 Å². The first-order chi connectivity index (χ1) is 16.0.